The third-order valence-electron chi connectivity index (χ3n) is 5.67. The summed E-state index contributed by atoms with van der Waals surface area (Å²) < 4.78 is 38.1. The molecule has 10 heteroatoms. The number of nitrogens with one attached hydrogen (secondary N) is 1. The number of carbonyl (C=O) groups is 2. The molecule has 3 aromatic carbocycles. The van der Waals surface area contributed by atoms with E-state index < -0.39 is 10.0 Å². The number of Topliss-reactive ketones (excluding diaryl/α,β-unsaturated/α-hetero) is 1. The second-order valence-electron chi connectivity index (χ2n) is 8.75. The van der Waals surface area contributed by atoms with Gasteiger partial charge in [-0.2, -0.15) is 0 Å². The van der Waals surface area contributed by atoms with Gasteiger partial charge in [-0.3, -0.25) is 9.52 Å². The first-order chi connectivity index (χ1) is 19.0. The van der Waals surface area contributed by atoms with Gasteiger partial charge >= 0.3 is 0 Å². The number of hydrogen-bond acceptors (Lipinski definition) is 8. The zero-order valence-electron chi connectivity index (χ0n) is 24.1. The topological polar surface area (TPSA) is 128 Å². The maximum atomic E-state index is 12.6. The molecule has 40 heavy (non-hydrogen) atoms. The van der Waals surface area contributed by atoms with Crippen LogP contribution in [0.3, 0.4) is 0 Å². The van der Waals surface area contributed by atoms with E-state index in [0.29, 0.717) is 43.2 Å². The molecule has 0 saturated carbocycles. The Bertz CT molecular complexity index is 1300. The average molecular weight is 572 g/mol. The predicted octanol–water partition coefficient (Wildman–Crippen LogP) is 4.88. The number of aryl methyl sites for hydroxylation is 2. The number of para-hydroxylation sites is 1. The predicted molar refractivity (Wildman–Crippen MR) is 162 cm³/mol. The summed E-state index contributed by atoms with van der Waals surface area (Å²) in [4.78, 5) is 22.1. The van der Waals surface area contributed by atoms with Gasteiger partial charge in [-0.1, -0.05) is 24.3 Å². The molecule has 0 atom stereocenters. The molecule has 0 aliphatic carbocycles. The summed E-state index contributed by atoms with van der Waals surface area (Å²) in [5, 5.41) is 0. The van der Waals surface area contributed by atoms with Crippen LogP contribution < -0.4 is 15.4 Å². The lowest BCUT2D eigenvalue weighted by molar-refractivity contribution is -0.106. The number of nitrogens with zero attached hydrogens (tertiary/aromatic N) is 1. The lowest BCUT2D eigenvalue weighted by Crippen LogP contribution is -2.30. The van der Waals surface area contributed by atoms with Crippen molar-refractivity contribution in [3.05, 3.63) is 83.4 Å². The van der Waals surface area contributed by atoms with Gasteiger partial charge in [0.15, 0.2) is 5.78 Å². The number of ketones is 1. The van der Waals surface area contributed by atoms with Gasteiger partial charge < -0.3 is 24.9 Å². The maximum Gasteiger partial charge on any atom is 0.261 e. The zero-order valence-corrected chi connectivity index (χ0v) is 25.0. The fourth-order valence-electron chi connectivity index (χ4n) is 3.52. The Kier molecular flexibility index (Phi) is 15.2. The highest BCUT2D eigenvalue weighted by molar-refractivity contribution is 7.92. The van der Waals surface area contributed by atoms with Crippen LogP contribution in [0.4, 0.5) is 17.1 Å². The number of aldehydes is 1. The zero-order chi connectivity index (χ0) is 30.1. The van der Waals surface area contributed by atoms with Gasteiger partial charge in [0.05, 0.1) is 23.8 Å². The fraction of sp³-hybridized carbons (Fsp3) is 0.333. The smallest absolute Gasteiger partial charge is 0.261 e. The number of nitrogens with two attached hydrogens (primary N) is 1. The number of nitrogen functional groups attached to an aromatic ring is 1. The molecular formula is C30H41N3O6S. The molecule has 0 fully saturated rings. The molecule has 3 N–H and O–H groups in total. The van der Waals surface area contributed by atoms with E-state index in [1.165, 1.54) is 6.92 Å². The van der Waals surface area contributed by atoms with Crippen molar-refractivity contribution in [1.82, 2.24) is 0 Å². The Hall–Kier alpha value is -3.73. The molecule has 0 unspecified atom stereocenters. The van der Waals surface area contributed by atoms with Crippen molar-refractivity contribution in [1.29, 1.82) is 0 Å². The first-order valence-electron chi connectivity index (χ1n) is 12.7. The van der Waals surface area contributed by atoms with Crippen LogP contribution in [0.25, 0.3) is 0 Å². The normalized spacial score (nSPS) is 10.3. The van der Waals surface area contributed by atoms with Crippen LogP contribution in [-0.4, -0.2) is 61.0 Å². The van der Waals surface area contributed by atoms with Crippen molar-refractivity contribution in [3.8, 4) is 0 Å². The minimum absolute atomic E-state index is 0.0646. The van der Waals surface area contributed by atoms with Gasteiger partial charge in [0.25, 0.3) is 10.0 Å². The fourth-order valence-corrected chi connectivity index (χ4v) is 4.65. The maximum absolute atomic E-state index is 12.6. The first kappa shape index (κ1) is 34.3. The summed E-state index contributed by atoms with van der Waals surface area (Å²) in [6.07, 6.45) is 0.750. The van der Waals surface area contributed by atoms with Crippen molar-refractivity contribution >= 4 is 39.2 Å². The summed E-state index contributed by atoms with van der Waals surface area (Å²) in [6.45, 7) is 9.32. The summed E-state index contributed by atoms with van der Waals surface area (Å²) in [6, 6.07) is 19.5. The van der Waals surface area contributed by atoms with Gasteiger partial charge in [-0.25, -0.2) is 8.42 Å². The average Bonchev–Trinajstić information content (AvgIpc) is 2.92. The van der Waals surface area contributed by atoms with E-state index >= 15 is 0 Å². The summed E-state index contributed by atoms with van der Waals surface area (Å²) >= 11 is 0. The van der Waals surface area contributed by atoms with Crippen LogP contribution in [0.1, 0.15) is 35.3 Å². The Morgan fingerprint density at radius 2 is 1.48 bits per heavy atom. The largest absolute Gasteiger partial charge is 0.399 e. The molecule has 218 valence electrons. The molecular weight excluding hydrogens is 530 g/mol. The highest BCUT2D eigenvalue weighted by Gasteiger charge is 2.16. The number of hydrogen-bond donors (Lipinski definition) is 2. The number of methoxy groups -OCH3 is 2. The van der Waals surface area contributed by atoms with Crippen LogP contribution in [0.5, 0.6) is 0 Å². The molecule has 0 bridgehead atoms. The van der Waals surface area contributed by atoms with E-state index in [1.807, 2.05) is 32.0 Å². The van der Waals surface area contributed by atoms with Crippen LogP contribution >= 0.6 is 0 Å². The molecule has 0 heterocycles. The third-order valence-corrected chi connectivity index (χ3v) is 7.05. The Labute approximate surface area is 238 Å². The standard InChI is InChI=1S/C19H26N2O4S.C9H11NO.C2H4O/c1-16-6-4-5-7-19(16)20-26(22,23)18-10-8-17(9-11-18)21(12-14-24-2)13-15-25-3;1-6-3-4-8(10)5-9(6)7(2)11;1-2-3/h4-11,20H,12-15H2,1-3H3;3-5H,10H2,1-2H3;2H,1H3. The number of sulfonamides is 1. The highest BCUT2D eigenvalue weighted by Crippen LogP contribution is 2.22. The van der Waals surface area contributed by atoms with E-state index in [0.717, 1.165) is 23.1 Å². The van der Waals surface area contributed by atoms with Gasteiger partial charge in [0.2, 0.25) is 0 Å². The molecule has 0 aromatic heterocycles. The Morgan fingerprint density at radius 1 is 0.925 bits per heavy atom. The molecule has 0 amide bonds. The van der Waals surface area contributed by atoms with E-state index in [-0.39, 0.29) is 10.7 Å². The van der Waals surface area contributed by atoms with Crippen molar-refractivity contribution in [3.63, 3.8) is 0 Å². The number of anilines is 3. The van der Waals surface area contributed by atoms with E-state index in [1.54, 1.807) is 69.7 Å². The van der Waals surface area contributed by atoms with Crippen LogP contribution in [0, 0.1) is 13.8 Å². The van der Waals surface area contributed by atoms with E-state index in [9.17, 15) is 13.2 Å². The minimum Gasteiger partial charge on any atom is -0.399 e. The molecule has 3 rings (SSSR count). The summed E-state index contributed by atoms with van der Waals surface area (Å²) in [5.41, 5.74) is 10.2. The van der Waals surface area contributed by atoms with E-state index in [2.05, 4.69) is 9.62 Å². The molecule has 0 spiro atoms. The summed E-state index contributed by atoms with van der Waals surface area (Å²) in [5.74, 6) is 0.0646. The molecule has 0 aliphatic heterocycles. The lowest BCUT2D eigenvalue weighted by atomic mass is 10.1. The van der Waals surface area contributed by atoms with Crippen molar-refractivity contribution in [2.75, 3.05) is 55.9 Å². The Balaban J connectivity index is 0.000000472. The number of carbonyl (C=O) groups excluding carboxylic acids is 2. The highest BCUT2D eigenvalue weighted by atomic mass is 32.2. The van der Waals surface area contributed by atoms with Crippen molar-refractivity contribution in [2.24, 2.45) is 0 Å². The SMILES string of the molecule is CC(=O)c1cc(N)ccc1C.CC=O.COCCN(CCOC)c1ccc(S(=O)(=O)Nc2ccccc2C)cc1. The monoisotopic (exact) mass is 571 g/mol. The molecule has 0 saturated heterocycles. The molecule has 0 radical (unpaired) electrons. The lowest BCUT2D eigenvalue weighted by Gasteiger charge is -2.24. The minimum atomic E-state index is -3.63. The van der Waals surface area contributed by atoms with Gasteiger partial charge in [0, 0.05) is 44.2 Å². The van der Waals surface area contributed by atoms with Gasteiger partial charge in [-0.05, 0) is 81.3 Å². The third kappa shape index (κ3) is 11.6. The Morgan fingerprint density at radius 3 is 1.95 bits per heavy atom. The van der Waals surface area contributed by atoms with Gasteiger partial charge in [-0.15, -0.1) is 0 Å². The summed E-state index contributed by atoms with van der Waals surface area (Å²) in [7, 11) is -0.322. The van der Waals surface area contributed by atoms with Crippen LogP contribution in [0.2, 0.25) is 0 Å². The van der Waals surface area contributed by atoms with Crippen LogP contribution in [0.15, 0.2) is 71.6 Å². The molecule has 3 aromatic rings. The second kappa shape index (κ2) is 17.8. The van der Waals surface area contributed by atoms with Crippen molar-refractivity contribution < 1.29 is 27.5 Å². The quantitative estimate of drug-likeness (QED) is 0.189. The van der Waals surface area contributed by atoms with Gasteiger partial charge in [0.1, 0.15) is 6.29 Å². The number of benzene rings is 3. The molecule has 0 aliphatic rings. The van der Waals surface area contributed by atoms with E-state index in [4.69, 9.17) is 20.0 Å². The number of rotatable bonds is 11. The van der Waals surface area contributed by atoms with Crippen LogP contribution in [-0.2, 0) is 24.3 Å². The first-order valence-corrected chi connectivity index (χ1v) is 14.2. The second-order valence-corrected chi connectivity index (χ2v) is 10.4. The van der Waals surface area contributed by atoms with Crippen molar-refractivity contribution in [2.45, 2.75) is 32.6 Å². The molecule has 9 nitrogen and oxygen atoms in total. The number of ether oxygens (including phenoxy) is 2.